The van der Waals surface area contributed by atoms with Crippen LogP contribution in [0.15, 0.2) is 24.3 Å². The van der Waals surface area contributed by atoms with E-state index in [-0.39, 0.29) is 11.3 Å². The number of anilines is 1. The van der Waals surface area contributed by atoms with Crippen molar-refractivity contribution in [1.82, 2.24) is 5.32 Å². The van der Waals surface area contributed by atoms with Crippen molar-refractivity contribution in [2.24, 2.45) is 5.41 Å². The van der Waals surface area contributed by atoms with E-state index in [4.69, 9.17) is 0 Å². The highest BCUT2D eigenvalue weighted by Gasteiger charge is 2.37. The minimum absolute atomic E-state index is 0.242. The van der Waals surface area contributed by atoms with Crippen LogP contribution in [0.2, 0.25) is 0 Å². The van der Waals surface area contributed by atoms with E-state index in [2.05, 4.69) is 31.3 Å². The summed E-state index contributed by atoms with van der Waals surface area (Å²) in [6.45, 7) is 8.72. The van der Waals surface area contributed by atoms with Crippen molar-refractivity contribution < 1.29 is 4.79 Å². The van der Waals surface area contributed by atoms with Gasteiger partial charge in [-0.3, -0.25) is 4.79 Å². The van der Waals surface area contributed by atoms with E-state index in [1.807, 2.05) is 24.0 Å². The normalized spacial score (nSPS) is 23.1. The van der Waals surface area contributed by atoms with Gasteiger partial charge in [0.1, 0.15) is 0 Å². The van der Waals surface area contributed by atoms with Gasteiger partial charge in [-0.2, -0.15) is 0 Å². The number of rotatable bonds is 3. The minimum atomic E-state index is -0.265. The molecule has 3 heteroatoms. The lowest BCUT2D eigenvalue weighted by Gasteiger charge is -2.37. The molecule has 1 aliphatic rings. The maximum Gasteiger partial charge on any atom is 0.234 e. The Morgan fingerprint density at radius 3 is 2.58 bits per heavy atom. The number of hydrogen-bond acceptors (Lipinski definition) is 2. The number of hydrogen-bond donors (Lipinski definition) is 1. The third-order valence-electron chi connectivity index (χ3n) is 4.02. The average molecular weight is 260 g/mol. The number of carbonyl (C=O) groups is 1. The fourth-order valence-corrected chi connectivity index (χ4v) is 2.73. The number of aryl methyl sites for hydroxylation is 1. The van der Waals surface area contributed by atoms with Crippen LogP contribution < -0.4 is 10.2 Å². The summed E-state index contributed by atoms with van der Waals surface area (Å²) in [5.74, 6) is 0.242. The van der Waals surface area contributed by atoms with Gasteiger partial charge in [-0.25, -0.2) is 0 Å². The Bertz CT molecular complexity index is 433. The first-order chi connectivity index (χ1) is 9.07. The molecule has 104 valence electrons. The molecule has 0 bridgehead atoms. The molecule has 0 aliphatic carbocycles. The van der Waals surface area contributed by atoms with Gasteiger partial charge < -0.3 is 10.2 Å². The van der Waals surface area contributed by atoms with E-state index in [0.717, 1.165) is 38.2 Å². The van der Waals surface area contributed by atoms with Crippen LogP contribution in [0.3, 0.4) is 0 Å². The molecule has 1 aliphatic heterocycles. The molecule has 2 rings (SSSR count). The summed E-state index contributed by atoms with van der Waals surface area (Å²) >= 11 is 0. The Labute approximate surface area is 116 Å². The highest BCUT2D eigenvalue weighted by Crippen LogP contribution is 2.30. The van der Waals surface area contributed by atoms with E-state index in [0.29, 0.717) is 0 Å². The first-order valence-corrected chi connectivity index (χ1v) is 7.16. The number of carbonyl (C=O) groups excluding carboxylic acids is 1. The zero-order chi connectivity index (χ0) is 13.9. The van der Waals surface area contributed by atoms with Crippen molar-refractivity contribution >= 4 is 11.6 Å². The summed E-state index contributed by atoms with van der Waals surface area (Å²) in [7, 11) is 0. The first-order valence-electron chi connectivity index (χ1n) is 7.16. The fourth-order valence-electron chi connectivity index (χ4n) is 2.73. The van der Waals surface area contributed by atoms with Crippen LogP contribution in [0, 0.1) is 12.3 Å². The molecule has 1 atom stereocenters. The van der Waals surface area contributed by atoms with E-state index >= 15 is 0 Å². The molecule has 1 fully saturated rings. The van der Waals surface area contributed by atoms with E-state index < -0.39 is 0 Å². The molecule has 1 heterocycles. The predicted octanol–water partition coefficient (Wildman–Crippen LogP) is 2.74. The largest absolute Gasteiger partial charge is 0.316 e. The molecule has 1 saturated heterocycles. The van der Waals surface area contributed by atoms with Crippen molar-refractivity contribution in [3.05, 3.63) is 29.8 Å². The molecule has 1 unspecified atom stereocenters. The number of benzene rings is 1. The first kappa shape index (κ1) is 14.1. The van der Waals surface area contributed by atoms with Crippen LogP contribution in [-0.4, -0.2) is 25.5 Å². The third-order valence-corrected chi connectivity index (χ3v) is 4.02. The Balaban J connectivity index is 2.21. The van der Waals surface area contributed by atoms with Gasteiger partial charge in [-0.15, -0.1) is 0 Å². The Morgan fingerprint density at radius 2 is 2.05 bits per heavy atom. The molecular formula is C16H24N2O. The average Bonchev–Trinajstić information content (AvgIpc) is 2.42. The van der Waals surface area contributed by atoms with Crippen LogP contribution in [-0.2, 0) is 4.79 Å². The molecular weight excluding hydrogens is 236 g/mol. The molecule has 0 spiro atoms. The lowest BCUT2D eigenvalue weighted by atomic mass is 9.81. The summed E-state index contributed by atoms with van der Waals surface area (Å²) in [4.78, 5) is 14.7. The summed E-state index contributed by atoms with van der Waals surface area (Å²) in [6, 6.07) is 8.20. The lowest BCUT2D eigenvalue weighted by Crippen LogP contribution is -2.50. The SMILES string of the molecule is CCN(C(=O)C1(C)CCCNC1)c1ccc(C)cc1. The van der Waals surface area contributed by atoms with Gasteiger partial charge in [0.05, 0.1) is 5.41 Å². The quantitative estimate of drug-likeness (QED) is 0.906. The standard InChI is InChI=1S/C16H24N2O/c1-4-18(14-8-6-13(2)7-9-14)15(19)16(3)10-5-11-17-12-16/h6-9,17H,4-5,10-12H2,1-3H3. The zero-order valence-corrected chi connectivity index (χ0v) is 12.2. The van der Waals surface area contributed by atoms with Crippen molar-refractivity contribution in [1.29, 1.82) is 0 Å². The number of nitrogens with one attached hydrogen (secondary N) is 1. The maximum atomic E-state index is 12.8. The van der Waals surface area contributed by atoms with E-state index in [1.54, 1.807) is 0 Å². The van der Waals surface area contributed by atoms with Gasteiger partial charge in [0.25, 0.3) is 0 Å². The van der Waals surface area contributed by atoms with Crippen LogP contribution in [0.5, 0.6) is 0 Å². The maximum absolute atomic E-state index is 12.8. The van der Waals surface area contributed by atoms with E-state index in [1.165, 1.54) is 5.56 Å². The molecule has 1 aromatic rings. The molecule has 0 saturated carbocycles. The number of nitrogens with zero attached hydrogens (tertiary/aromatic N) is 1. The van der Waals surface area contributed by atoms with Gasteiger partial charge in [-0.05, 0) is 52.3 Å². The van der Waals surface area contributed by atoms with Crippen LogP contribution in [0.4, 0.5) is 5.69 Å². The fraction of sp³-hybridized carbons (Fsp3) is 0.562. The van der Waals surface area contributed by atoms with Crippen LogP contribution >= 0.6 is 0 Å². The summed E-state index contributed by atoms with van der Waals surface area (Å²) in [5, 5.41) is 3.35. The number of amides is 1. The highest BCUT2D eigenvalue weighted by molar-refractivity contribution is 5.97. The molecule has 1 amide bonds. The van der Waals surface area contributed by atoms with Gasteiger partial charge in [0.15, 0.2) is 0 Å². The van der Waals surface area contributed by atoms with Crippen LogP contribution in [0.1, 0.15) is 32.3 Å². The van der Waals surface area contributed by atoms with Crippen molar-refractivity contribution in [3.63, 3.8) is 0 Å². The second-order valence-electron chi connectivity index (χ2n) is 5.73. The Morgan fingerprint density at radius 1 is 1.37 bits per heavy atom. The second-order valence-corrected chi connectivity index (χ2v) is 5.73. The highest BCUT2D eigenvalue weighted by atomic mass is 16.2. The van der Waals surface area contributed by atoms with Gasteiger partial charge in [-0.1, -0.05) is 17.7 Å². The van der Waals surface area contributed by atoms with Crippen molar-refractivity contribution in [2.75, 3.05) is 24.5 Å². The molecule has 1 aromatic carbocycles. The lowest BCUT2D eigenvalue weighted by molar-refractivity contribution is -0.128. The van der Waals surface area contributed by atoms with Crippen molar-refractivity contribution in [3.8, 4) is 0 Å². The van der Waals surface area contributed by atoms with E-state index in [9.17, 15) is 4.79 Å². The summed E-state index contributed by atoms with van der Waals surface area (Å²) in [6.07, 6.45) is 2.05. The summed E-state index contributed by atoms with van der Waals surface area (Å²) < 4.78 is 0. The molecule has 3 nitrogen and oxygen atoms in total. The molecule has 0 radical (unpaired) electrons. The van der Waals surface area contributed by atoms with Crippen molar-refractivity contribution in [2.45, 2.75) is 33.6 Å². The topological polar surface area (TPSA) is 32.3 Å². The molecule has 1 N–H and O–H groups in total. The Kier molecular flexibility index (Phi) is 4.25. The molecule has 19 heavy (non-hydrogen) atoms. The van der Waals surface area contributed by atoms with Gasteiger partial charge >= 0.3 is 0 Å². The monoisotopic (exact) mass is 260 g/mol. The van der Waals surface area contributed by atoms with Crippen LogP contribution in [0.25, 0.3) is 0 Å². The van der Waals surface area contributed by atoms with Gasteiger partial charge in [0.2, 0.25) is 5.91 Å². The molecule has 0 aromatic heterocycles. The zero-order valence-electron chi connectivity index (χ0n) is 12.2. The number of piperidine rings is 1. The predicted molar refractivity (Wildman–Crippen MR) is 79.4 cm³/mol. The third kappa shape index (κ3) is 2.98. The Hall–Kier alpha value is -1.35. The smallest absolute Gasteiger partial charge is 0.234 e. The summed E-state index contributed by atoms with van der Waals surface area (Å²) in [5.41, 5.74) is 1.96. The minimum Gasteiger partial charge on any atom is -0.316 e. The van der Waals surface area contributed by atoms with Gasteiger partial charge in [0, 0.05) is 18.8 Å². The second kappa shape index (κ2) is 5.74.